The standard InChI is InChI=1S/C26H33NO4/c1-27-14-13-24-22-18-9-10-19(29-2)23(22)31-26(24,16-17-7-5-4-6-8-17)21(28)11-12-25(24,30-3)20(27)15-18/h4-8,11-12,18-20,22-23H,9-10,13-16H2,1-3H3/t18?,19?,20?,22?,23?,24-,25-,26+/m1/s1. The lowest BCUT2D eigenvalue weighted by molar-refractivity contribution is -0.246. The molecule has 0 radical (unpaired) electrons. The third kappa shape index (κ3) is 2.24. The number of hydrogen-bond donors (Lipinski definition) is 0. The summed E-state index contributed by atoms with van der Waals surface area (Å²) in [5, 5.41) is 0. The van der Waals surface area contributed by atoms with Crippen LogP contribution >= 0.6 is 0 Å². The van der Waals surface area contributed by atoms with Crippen LogP contribution in [0.2, 0.25) is 0 Å². The normalized spacial score (nSPS) is 48.0. The maximum absolute atomic E-state index is 13.9. The molecule has 5 heteroatoms. The Morgan fingerprint density at radius 3 is 2.74 bits per heavy atom. The first-order valence-corrected chi connectivity index (χ1v) is 11.8. The molecular formula is C26H33NO4. The molecule has 2 heterocycles. The molecule has 6 rings (SSSR count). The maximum Gasteiger partial charge on any atom is 0.188 e. The Morgan fingerprint density at radius 2 is 2.00 bits per heavy atom. The van der Waals surface area contributed by atoms with Crippen LogP contribution in [-0.4, -0.2) is 67.9 Å². The Balaban J connectivity index is 1.62. The molecule has 1 spiro atoms. The Kier molecular flexibility index (Phi) is 4.37. The van der Waals surface area contributed by atoms with Gasteiger partial charge in [-0.2, -0.15) is 0 Å². The van der Waals surface area contributed by atoms with Gasteiger partial charge in [-0.3, -0.25) is 4.79 Å². The molecule has 8 atom stereocenters. The Hall–Kier alpha value is -1.53. The summed E-state index contributed by atoms with van der Waals surface area (Å²) < 4.78 is 19.6. The monoisotopic (exact) mass is 423 g/mol. The minimum Gasteiger partial charge on any atom is -0.379 e. The smallest absolute Gasteiger partial charge is 0.188 e. The molecule has 2 saturated heterocycles. The minimum atomic E-state index is -0.909. The highest BCUT2D eigenvalue weighted by Crippen LogP contribution is 2.72. The predicted octanol–water partition coefficient (Wildman–Crippen LogP) is 3.03. The number of likely N-dealkylation sites (N-methyl/N-ethyl adjacent to an activating group) is 1. The molecule has 0 amide bonds. The van der Waals surface area contributed by atoms with Crippen molar-refractivity contribution in [2.75, 3.05) is 27.8 Å². The highest BCUT2D eigenvalue weighted by atomic mass is 16.6. The Morgan fingerprint density at radius 1 is 1.19 bits per heavy atom. The summed E-state index contributed by atoms with van der Waals surface area (Å²) in [5.41, 5.74) is -0.656. The zero-order valence-electron chi connectivity index (χ0n) is 18.8. The van der Waals surface area contributed by atoms with Crippen molar-refractivity contribution in [2.45, 2.75) is 61.6 Å². The van der Waals surface area contributed by atoms with Crippen LogP contribution in [-0.2, 0) is 25.4 Å². The molecule has 31 heavy (non-hydrogen) atoms. The van der Waals surface area contributed by atoms with Crippen molar-refractivity contribution in [3.05, 3.63) is 48.0 Å². The second-order valence-corrected chi connectivity index (χ2v) is 10.4. The van der Waals surface area contributed by atoms with Crippen molar-refractivity contribution in [2.24, 2.45) is 17.3 Å². The van der Waals surface area contributed by atoms with Crippen molar-refractivity contribution in [1.82, 2.24) is 4.90 Å². The molecule has 3 aliphatic carbocycles. The van der Waals surface area contributed by atoms with E-state index in [0.29, 0.717) is 12.3 Å². The highest BCUT2D eigenvalue weighted by Gasteiger charge is 2.82. The van der Waals surface area contributed by atoms with Gasteiger partial charge in [0.05, 0.1) is 12.2 Å². The fourth-order valence-electron chi connectivity index (χ4n) is 8.52. The third-order valence-corrected chi connectivity index (χ3v) is 9.60. The van der Waals surface area contributed by atoms with Gasteiger partial charge < -0.3 is 19.1 Å². The summed E-state index contributed by atoms with van der Waals surface area (Å²) >= 11 is 0. The van der Waals surface area contributed by atoms with Crippen LogP contribution < -0.4 is 0 Å². The number of hydrogen-bond acceptors (Lipinski definition) is 5. The van der Waals surface area contributed by atoms with Crippen LogP contribution in [0.1, 0.15) is 31.2 Å². The molecule has 5 aliphatic rings. The van der Waals surface area contributed by atoms with Crippen molar-refractivity contribution in [1.29, 1.82) is 0 Å². The van der Waals surface area contributed by atoms with Gasteiger partial charge in [0.15, 0.2) is 5.78 Å². The molecular weight excluding hydrogens is 390 g/mol. The summed E-state index contributed by atoms with van der Waals surface area (Å²) in [6.45, 7) is 0.963. The van der Waals surface area contributed by atoms with E-state index in [9.17, 15) is 4.79 Å². The number of benzene rings is 1. The van der Waals surface area contributed by atoms with Crippen molar-refractivity contribution in [3.63, 3.8) is 0 Å². The lowest BCUT2D eigenvalue weighted by Crippen LogP contribution is -2.79. The zero-order chi connectivity index (χ0) is 21.4. The largest absolute Gasteiger partial charge is 0.379 e. The maximum atomic E-state index is 13.9. The number of methoxy groups -OCH3 is 2. The van der Waals surface area contributed by atoms with Gasteiger partial charge in [0.1, 0.15) is 11.2 Å². The number of carbonyl (C=O) groups excluding carboxylic acids is 1. The molecule has 1 aromatic carbocycles. The first kappa shape index (κ1) is 20.1. The van der Waals surface area contributed by atoms with E-state index in [1.54, 1.807) is 13.2 Å². The average molecular weight is 424 g/mol. The van der Waals surface area contributed by atoms with Gasteiger partial charge in [0, 0.05) is 38.0 Å². The molecule has 2 aliphatic heterocycles. The molecule has 166 valence electrons. The number of rotatable bonds is 4. The van der Waals surface area contributed by atoms with Crippen LogP contribution in [0.3, 0.4) is 0 Å². The highest BCUT2D eigenvalue weighted by molar-refractivity contribution is 6.00. The van der Waals surface area contributed by atoms with Crippen LogP contribution in [0.4, 0.5) is 0 Å². The molecule has 2 saturated carbocycles. The van der Waals surface area contributed by atoms with E-state index in [4.69, 9.17) is 14.2 Å². The van der Waals surface area contributed by atoms with Crippen molar-refractivity contribution in [3.8, 4) is 0 Å². The van der Waals surface area contributed by atoms with Crippen molar-refractivity contribution < 1.29 is 19.0 Å². The molecule has 2 bridgehead atoms. The van der Waals surface area contributed by atoms with E-state index in [-0.39, 0.29) is 35.4 Å². The molecule has 0 aromatic heterocycles. The lowest BCUT2D eigenvalue weighted by atomic mass is 9.40. The number of nitrogens with zero attached hydrogens (tertiary/aromatic N) is 1. The van der Waals surface area contributed by atoms with Crippen molar-refractivity contribution >= 4 is 5.78 Å². The van der Waals surface area contributed by atoms with Crippen LogP contribution in [0.5, 0.6) is 0 Å². The fraction of sp³-hybridized carbons (Fsp3) is 0.654. The van der Waals surface area contributed by atoms with Gasteiger partial charge in [-0.05, 0) is 62.9 Å². The second-order valence-electron chi connectivity index (χ2n) is 10.4. The number of ether oxygens (including phenoxy) is 3. The molecule has 5 nitrogen and oxygen atoms in total. The van der Waals surface area contributed by atoms with Gasteiger partial charge in [-0.15, -0.1) is 0 Å². The summed E-state index contributed by atoms with van der Waals surface area (Å²) in [4.78, 5) is 16.4. The van der Waals surface area contributed by atoms with Crippen LogP contribution in [0.25, 0.3) is 0 Å². The number of carbonyl (C=O) groups is 1. The van der Waals surface area contributed by atoms with Gasteiger partial charge in [-0.1, -0.05) is 30.3 Å². The first-order valence-electron chi connectivity index (χ1n) is 11.8. The second kappa shape index (κ2) is 6.74. The summed E-state index contributed by atoms with van der Waals surface area (Å²) in [6, 6.07) is 10.6. The Bertz CT molecular complexity index is 917. The molecule has 4 fully saturated rings. The van der Waals surface area contributed by atoms with E-state index < -0.39 is 11.2 Å². The van der Waals surface area contributed by atoms with Gasteiger partial charge in [0.25, 0.3) is 0 Å². The topological polar surface area (TPSA) is 48.0 Å². The summed E-state index contributed by atoms with van der Waals surface area (Å²) in [5.74, 6) is 0.912. The first-order chi connectivity index (χ1) is 15.0. The van der Waals surface area contributed by atoms with E-state index in [0.717, 1.165) is 37.8 Å². The number of piperidine rings is 1. The molecule has 0 N–H and O–H groups in total. The summed E-state index contributed by atoms with van der Waals surface area (Å²) in [7, 11) is 5.85. The van der Waals surface area contributed by atoms with E-state index in [1.807, 2.05) is 13.2 Å². The number of likely N-dealkylation sites (tertiary alicyclic amines) is 1. The van der Waals surface area contributed by atoms with Crippen LogP contribution in [0.15, 0.2) is 42.5 Å². The van der Waals surface area contributed by atoms with Gasteiger partial charge in [-0.25, -0.2) is 0 Å². The predicted molar refractivity (Wildman–Crippen MR) is 117 cm³/mol. The van der Waals surface area contributed by atoms with E-state index in [1.165, 1.54) is 0 Å². The molecule has 5 unspecified atom stereocenters. The fourth-order valence-corrected chi connectivity index (χ4v) is 8.52. The average Bonchev–Trinajstić information content (AvgIpc) is 3.09. The molecule has 1 aromatic rings. The SMILES string of the molecule is COC1CCC2CC3N(C)CC[C@]45C2C1O[C@@]4(Cc1ccccc1)C(=O)C=C[C@@]35OC. The Labute approximate surface area is 184 Å². The van der Waals surface area contributed by atoms with Gasteiger partial charge >= 0.3 is 0 Å². The minimum absolute atomic E-state index is 0.0347. The van der Waals surface area contributed by atoms with Crippen LogP contribution in [0, 0.1) is 17.3 Å². The third-order valence-electron chi connectivity index (χ3n) is 9.60. The van der Waals surface area contributed by atoms with E-state index >= 15 is 0 Å². The number of ketones is 1. The van der Waals surface area contributed by atoms with Gasteiger partial charge in [0.2, 0.25) is 0 Å². The zero-order valence-corrected chi connectivity index (χ0v) is 18.8. The summed E-state index contributed by atoms with van der Waals surface area (Å²) in [6.07, 6.45) is 8.58. The lowest BCUT2D eigenvalue weighted by Gasteiger charge is -2.69. The quantitative estimate of drug-likeness (QED) is 0.745. The van der Waals surface area contributed by atoms with E-state index in [2.05, 4.69) is 42.3 Å².